The first-order valence-electron chi connectivity index (χ1n) is 11.1. The lowest BCUT2D eigenvalue weighted by molar-refractivity contribution is -0.137. The second-order valence-corrected chi connectivity index (χ2v) is 9.01. The fourth-order valence-corrected chi connectivity index (χ4v) is 5.00. The highest BCUT2D eigenvalue weighted by atomic mass is 19.4. The maximum atomic E-state index is 13.0. The first-order chi connectivity index (χ1) is 16.2. The Hall–Kier alpha value is -3.05. The number of hydrogen-bond acceptors (Lipinski definition) is 6. The van der Waals surface area contributed by atoms with Crippen LogP contribution in [0.3, 0.4) is 0 Å². The van der Waals surface area contributed by atoms with Crippen molar-refractivity contribution in [2.75, 3.05) is 18.0 Å². The van der Waals surface area contributed by atoms with Crippen LogP contribution >= 0.6 is 0 Å². The van der Waals surface area contributed by atoms with Gasteiger partial charge in [-0.2, -0.15) is 18.3 Å². The number of piperidine rings is 1. The summed E-state index contributed by atoms with van der Waals surface area (Å²) in [6.07, 6.45) is 1.22. The van der Waals surface area contributed by atoms with Gasteiger partial charge in [-0.05, 0) is 43.6 Å². The molecule has 1 saturated heterocycles. The zero-order valence-electron chi connectivity index (χ0n) is 18.2. The Morgan fingerprint density at radius 2 is 1.91 bits per heavy atom. The predicted octanol–water partition coefficient (Wildman–Crippen LogP) is 4.72. The lowest BCUT2D eigenvalue weighted by atomic mass is 9.77. The number of hydrogen-bond donors (Lipinski definition) is 0. The van der Waals surface area contributed by atoms with Crippen LogP contribution < -0.4 is 9.64 Å². The van der Waals surface area contributed by atoms with Crippen molar-refractivity contribution in [3.63, 3.8) is 0 Å². The second-order valence-electron chi connectivity index (χ2n) is 9.01. The predicted molar refractivity (Wildman–Crippen MR) is 113 cm³/mol. The van der Waals surface area contributed by atoms with Gasteiger partial charge in [0.05, 0.1) is 18.0 Å². The van der Waals surface area contributed by atoms with Crippen molar-refractivity contribution in [1.82, 2.24) is 24.7 Å². The summed E-state index contributed by atoms with van der Waals surface area (Å²) in [6, 6.07) is 1.88. The highest BCUT2D eigenvalue weighted by molar-refractivity contribution is 5.71. The third-order valence-electron chi connectivity index (χ3n) is 6.80. The van der Waals surface area contributed by atoms with Crippen LogP contribution in [0.1, 0.15) is 37.7 Å². The molecule has 0 N–H and O–H groups in total. The minimum atomic E-state index is -4.44. The molecule has 1 aliphatic carbocycles. The first-order valence-corrected chi connectivity index (χ1v) is 11.1. The molecule has 5 rings (SSSR count). The Labute approximate surface area is 192 Å². The number of fused-ring (bicyclic) bond motifs is 1. The van der Waals surface area contributed by atoms with Gasteiger partial charge >= 0.3 is 6.18 Å². The third-order valence-corrected chi connectivity index (χ3v) is 6.80. The van der Waals surface area contributed by atoms with Crippen molar-refractivity contribution in [3.8, 4) is 5.88 Å². The van der Waals surface area contributed by atoms with Crippen molar-refractivity contribution >= 4 is 17.0 Å². The van der Waals surface area contributed by atoms with Crippen LogP contribution in [0.4, 0.5) is 27.8 Å². The summed E-state index contributed by atoms with van der Waals surface area (Å²) in [5.41, 5.74) is 0.0852. The molecule has 34 heavy (non-hydrogen) atoms. The highest BCUT2D eigenvalue weighted by Gasteiger charge is 2.43. The Kier molecular flexibility index (Phi) is 5.76. The number of anilines is 1. The van der Waals surface area contributed by atoms with Crippen LogP contribution in [0.15, 0.2) is 30.7 Å². The highest BCUT2D eigenvalue weighted by Crippen LogP contribution is 2.47. The molecule has 7 nitrogen and oxygen atoms in total. The quantitative estimate of drug-likeness (QED) is 0.490. The summed E-state index contributed by atoms with van der Waals surface area (Å²) in [5.74, 6) is 0.621. The molecule has 182 valence electrons. The van der Waals surface area contributed by atoms with Crippen LogP contribution in [0.5, 0.6) is 5.88 Å². The summed E-state index contributed by atoms with van der Waals surface area (Å²) >= 11 is 0. The number of aromatic nitrogens is 5. The first kappa shape index (κ1) is 22.7. The largest absolute Gasteiger partial charge is 0.474 e. The van der Waals surface area contributed by atoms with Crippen LogP contribution in [-0.2, 0) is 12.7 Å². The van der Waals surface area contributed by atoms with E-state index in [2.05, 4.69) is 25.0 Å². The SMILES string of the molecule is FC(F)Cn1ncc2ncc(N3CCC4(CCC(Oc5cc(C(F)(F)F)ccn5)C4)CC3)nc21. The van der Waals surface area contributed by atoms with Crippen molar-refractivity contribution < 1.29 is 26.7 Å². The Balaban J connectivity index is 1.22. The van der Waals surface area contributed by atoms with Gasteiger partial charge in [-0.3, -0.25) is 0 Å². The van der Waals surface area contributed by atoms with Crippen molar-refractivity contribution in [2.45, 2.75) is 57.4 Å². The van der Waals surface area contributed by atoms with Gasteiger partial charge in [-0.1, -0.05) is 0 Å². The molecular weight excluding hydrogens is 459 g/mol. The van der Waals surface area contributed by atoms with Gasteiger partial charge in [0.25, 0.3) is 6.43 Å². The molecule has 1 atom stereocenters. The van der Waals surface area contributed by atoms with E-state index in [1.54, 1.807) is 6.20 Å². The van der Waals surface area contributed by atoms with E-state index in [1.165, 1.54) is 10.9 Å². The Morgan fingerprint density at radius 1 is 1.12 bits per heavy atom. The molecule has 0 radical (unpaired) electrons. The van der Waals surface area contributed by atoms with Gasteiger partial charge in [0.2, 0.25) is 5.88 Å². The average molecular weight is 482 g/mol. The normalized spacial score (nSPS) is 20.5. The van der Waals surface area contributed by atoms with E-state index >= 15 is 0 Å². The molecule has 3 aromatic rings. The molecular formula is C22H23F5N6O. The van der Waals surface area contributed by atoms with Gasteiger partial charge in [0, 0.05) is 25.4 Å². The molecule has 2 aliphatic rings. The minimum Gasteiger partial charge on any atom is -0.474 e. The zero-order valence-corrected chi connectivity index (χ0v) is 18.2. The molecule has 1 spiro atoms. The van der Waals surface area contributed by atoms with Crippen molar-refractivity contribution in [3.05, 3.63) is 36.3 Å². The van der Waals surface area contributed by atoms with Crippen LogP contribution in [0, 0.1) is 5.41 Å². The van der Waals surface area contributed by atoms with E-state index in [9.17, 15) is 22.0 Å². The molecule has 1 unspecified atom stereocenters. The van der Waals surface area contributed by atoms with Crippen molar-refractivity contribution in [2.24, 2.45) is 5.41 Å². The monoisotopic (exact) mass is 482 g/mol. The molecule has 0 aromatic carbocycles. The minimum absolute atomic E-state index is 0.00158. The standard InChI is InChI=1S/C22H23F5N6O/c23-17(24)13-33-20-16(11-30-33)29-12-18(31-20)32-7-4-21(5-8-32)3-1-15(10-21)34-19-9-14(2-6-28-19)22(25,26)27/h2,6,9,11-12,15,17H,1,3-5,7-8,10,13H2. The van der Waals surface area contributed by atoms with Gasteiger partial charge in [0.15, 0.2) is 5.65 Å². The van der Waals surface area contributed by atoms with Gasteiger partial charge in [-0.25, -0.2) is 28.4 Å². The number of rotatable bonds is 5. The molecule has 1 aliphatic heterocycles. The zero-order chi connectivity index (χ0) is 23.9. The van der Waals surface area contributed by atoms with E-state index in [0.29, 0.717) is 17.0 Å². The summed E-state index contributed by atoms with van der Waals surface area (Å²) in [5, 5.41) is 3.95. The van der Waals surface area contributed by atoms with E-state index in [1.807, 2.05) is 0 Å². The lowest BCUT2D eigenvalue weighted by Gasteiger charge is -2.39. The van der Waals surface area contributed by atoms with Crippen molar-refractivity contribution in [1.29, 1.82) is 0 Å². The topological polar surface area (TPSA) is 69.0 Å². The fraction of sp³-hybridized carbons (Fsp3) is 0.545. The number of ether oxygens (including phenoxy) is 1. The molecule has 12 heteroatoms. The molecule has 1 saturated carbocycles. The molecule has 0 amide bonds. The summed E-state index contributed by atoms with van der Waals surface area (Å²) < 4.78 is 71.5. The summed E-state index contributed by atoms with van der Waals surface area (Å²) in [7, 11) is 0. The molecule has 3 aromatic heterocycles. The molecule has 2 fully saturated rings. The average Bonchev–Trinajstić information content (AvgIpc) is 3.37. The second kappa shape index (κ2) is 8.62. The Morgan fingerprint density at radius 3 is 2.65 bits per heavy atom. The van der Waals surface area contributed by atoms with Gasteiger partial charge < -0.3 is 9.64 Å². The maximum absolute atomic E-state index is 13.0. The summed E-state index contributed by atoms with van der Waals surface area (Å²) in [4.78, 5) is 14.9. The third kappa shape index (κ3) is 4.62. The van der Waals surface area contributed by atoms with E-state index in [4.69, 9.17) is 4.74 Å². The number of nitrogens with zero attached hydrogens (tertiary/aromatic N) is 6. The maximum Gasteiger partial charge on any atom is 0.416 e. The van der Waals surface area contributed by atoms with Crippen LogP contribution in [0.2, 0.25) is 0 Å². The Bertz CT molecular complexity index is 1160. The van der Waals surface area contributed by atoms with Gasteiger partial charge in [-0.15, -0.1) is 0 Å². The van der Waals surface area contributed by atoms with Crippen LogP contribution in [0.25, 0.3) is 11.2 Å². The number of halogens is 5. The van der Waals surface area contributed by atoms with Crippen LogP contribution in [-0.4, -0.2) is 50.4 Å². The van der Waals surface area contributed by atoms with E-state index in [-0.39, 0.29) is 17.4 Å². The lowest BCUT2D eigenvalue weighted by Crippen LogP contribution is -2.40. The summed E-state index contributed by atoms with van der Waals surface area (Å²) in [6.45, 7) is 0.905. The number of pyridine rings is 1. The van der Waals surface area contributed by atoms with Gasteiger partial charge in [0.1, 0.15) is 24.0 Å². The van der Waals surface area contributed by atoms with E-state index in [0.717, 1.165) is 63.5 Å². The number of alkyl halides is 5. The van der Waals surface area contributed by atoms with E-state index < -0.39 is 24.7 Å². The molecule has 4 heterocycles. The smallest absolute Gasteiger partial charge is 0.416 e. The molecule has 0 bridgehead atoms. The fourth-order valence-electron chi connectivity index (χ4n) is 5.00.